The Morgan fingerprint density at radius 2 is 1.96 bits per heavy atom. The van der Waals surface area contributed by atoms with Crippen LogP contribution in [-0.4, -0.2) is 11.1 Å². The second kappa shape index (κ2) is 7.23. The number of carboxylic acids is 1. The van der Waals surface area contributed by atoms with Crippen molar-refractivity contribution in [2.45, 2.75) is 13.3 Å². The van der Waals surface area contributed by atoms with Crippen LogP contribution < -0.4 is 5.43 Å². The minimum atomic E-state index is -1.08. The Bertz CT molecular complexity index is 1090. The molecule has 0 aliphatic heterocycles. The standard InChI is InChI=1S/C22H18O4/c1-3-6-17-19(11-9-15-8-5-4-7-14(15)2)26-20-12-10-16(22(24)25)13-18(20)21(17)23/h3-5,7-13H,1,6H2,2H3,(H,24,25)/b11-9+. The largest absolute Gasteiger partial charge is 0.478 e. The monoisotopic (exact) mass is 346 g/mol. The van der Waals surface area contributed by atoms with Gasteiger partial charge in [0, 0.05) is 5.56 Å². The Balaban J connectivity index is 2.18. The molecule has 0 amide bonds. The highest BCUT2D eigenvalue weighted by Gasteiger charge is 2.14. The quantitative estimate of drug-likeness (QED) is 0.680. The van der Waals surface area contributed by atoms with Crippen LogP contribution in [-0.2, 0) is 6.42 Å². The summed E-state index contributed by atoms with van der Waals surface area (Å²) in [7, 11) is 0. The Labute approximate surface area is 150 Å². The predicted molar refractivity (Wildman–Crippen MR) is 103 cm³/mol. The van der Waals surface area contributed by atoms with Gasteiger partial charge in [-0.25, -0.2) is 4.79 Å². The van der Waals surface area contributed by atoms with Crippen molar-refractivity contribution >= 4 is 29.1 Å². The van der Waals surface area contributed by atoms with E-state index in [1.165, 1.54) is 18.2 Å². The van der Waals surface area contributed by atoms with Gasteiger partial charge in [0.1, 0.15) is 11.3 Å². The molecule has 1 aromatic heterocycles. The average Bonchev–Trinajstić information content (AvgIpc) is 2.63. The molecule has 0 bridgehead atoms. The normalized spacial score (nSPS) is 11.1. The average molecular weight is 346 g/mol. The summed E-state index contributed by atoms with van der Waals surface area (Å²) in [6.07, 6.45) is 5.64. The number of rotatable bonds is 5. The number of aryl methyl sites for hydroxylation is 1. The first-order chi connectivity index (χ1) is 12.5. The van der Waals surface area contributed by atoms with Gasteiger partial charge in [-0.2, -0.15) is 0 Å². The third-order valence-corrected chi connectivity index (χ3v) is 4.21. The highest BCUT2D eigenvalue weighted by Crippen LogP contribution is 2.21. The molecule has 0 aliphatic carbocycles. The van der Waals surface area contributed by atoms with Crippen LogP contribution in [0.4, 0.5) is 0 Å². The smallest absolute Gasteiger partial charge is 0.335 e. The summed E-state index contributed by atoms with van der Waals surface area (Å²) in [5.41, 5.74) is 2.78. The number of hydrogen-bond acceptors (Lipinski definition) is 3. The van der Waals surface area contributed by atoms with Crippen molar-refractivity contribution in [1.29, 1.82) is 0 Å². The molecule has 0 saturated heterocycles. The second-order valence-electron chi connectivity index (χ2n) is 5.97. The van der Waals surface area contributed by atoms with Crippen molar-refractivity contribution in [1.82, 2.24) is 0 Å². The summed E-state index contributed by atoms with van der Waals surface area (Å²) in [5.74, 6) is -0.631. The fourth-order valence-corrected chi connectivity index (χ4v) is 2.80. The molecule has 0 radical (unpaired) electrons. The van der Waals surface area contributed by atoms with Crippen molar-refractivity contribution < 1.29 is 14.3 Å². The van der Waals surface area contributed by atoms with E-state index in [0.717, 1.165) is 11.1 Å². The summed E-state index contributed by atoms with van der Waals surface area (Å²) in [6.45, 7) is 5.71. The van der Waals surface area contributed by atoms with Gasteiger partial charge in [0.25, 0.3) is 0 Å². The lowest BCUT2D eigenvalue weighted by molar-refractivity contribution is 0.0697. The van der Waals surface area contributed by atoms with Gasteiger partial charge >= 0.3 is 5.97 Å². The summed E-state index contributed by atoms with van der Waals surface area (Å²) < 4.78 is 5.90. The van der Waals surface area contributed by atoms with E-state index >= 15 is 0 Å². The summed E-state index contributed by atoms with van der Waals surface area (Å²) in [6, 6.07) is 12.2. The lowest BCUT2D eigenvalue weighted by Crippen LogP contribution is -2.11. The number of benzene rings is 2. The zero-order valence-corrected chi connectivity index (χ0v) is 14.4. The van der Waals surface area contributed by atoms with Gasteiger partial charge in [-0.1, -0.05) is 36.4 Å². The highest BCUT2D eigenvalue weighted by atomic mass is 16.4. The highest BCUT2D eigenvalue weighted by molar-refractivity contribution is 5.93. The zero-order chi connectivity index (χ0) is 18.7. The van der Waals surface area contributed by atoms with Crippen molar-refractivity contribution in [3.8, 4) is 0 Å². The van der Waals surface area contributed by atoms with Crippen LogP contribution in [0.5, 0.6) is 0 Å². The number of fused-ring (bicyclic) bond motifs is 1. The zero-order valence-electron chi connectivity index (χ0n) is 14.4. The minimum Gasteiger partial charge on any atom is -0.478 e. The van der Waals surface area contributed by atoms with Crippen LogP contribution in [0.2, 0.25) is 0 Å². The van der Waals surface area contributed by atoms with Gasteiger partial charge in [0.05, 0.1) is 10.9 Å². The molecule has 0 fully saturated rings. The number of allylic oxidation sites excluding steroid dienone is 1. The SMILES string of the molecule is C=CCc1c(/C=C/c2ccccc2C)oc2ccc(C(=O)O)cc2c1=O. The Morgan fingerprint density at radius 1 is 1.19 bits per heavy atom. The Hall–Kier alpha value is -3.40. The van der Waals surface area contributed by atoms with Crippen molar-refractivity contribution in [3.05, 3.63) is 93.4 Å². The van der Waals surface area contributed by atoms with Crippen LogP contribution in [0.3, 0.4) is 0 Å². The van der Waals surface area contributed by atoms with E-state index in [4.69, 9.17) is 9.52 Å². The van der Waals surface area contributed by atoms with E-state index in [0.29, 0.717) is 23.3 Å². The fraction of sp³-hybridized carbons (Fsp3) is 0.0909. The van der Waals surface area contributed by atoms with E-state index in [1.54, 1.807) is 12.2 Å². The van der Waals surface area contributed by atoms with Crippen molar-refractivity contribution in [2.24, 2.45) is 0 Å². The first kappa shape index (κ1) is 17.4. The first-order valence-corrected chi connectivity index (χ1v) is 8.19. The minimum absolute atomic E-state index is 0.0533. The van der Waals surface area contributed by atoms with Gasteiger partial charge in [-0.05, 0) is 48.7 Å². The maximum Gasteiger partial charge on any atom is 0.335 e. The first-order valence-electron chi connectivity index (χ1n) is 8.19. The van der Waals surface area contributed by atoms with Gasteiger partial charge in [0.2, 0.25) is 0 Å². The maximum absolute atomic E-state index is 12.9. The molecule has 26 heavy (non-hydrogen) atoms. The van der Waals surface area contributed by atoms with Gasteiger partial charge in [-0.3, -0.25) is 4.79 Å². The van der Waals surface area contributed by atoms with Crippen LogP contribution in [0.25, 0.3) is 23.1 Å². The molecule has 130 valence electrons. The molecule has 2 aromatic carbocycles. The molecule has 1 heterocycles. The van der Waals surface area contributed by atoms with E-state index in [9.17, 15) is 9.59 Å². The molecule has 0 spiro atoms. The molecule has 4 nitrogen and oxygen atoms in total. The number of carboxylic acid groups (broad SMARTS) is 1. The van der Waals surface area contributed by atoms with Crippen LogP contribution in [0.15, 0.2) is 64.3 Å². The summed E-state index contributed by atoms with van der Waals surface area (Å²) in [5, 5.41) is 9.40. The number of carbonyl (C=O) groups is 1. The Morgan fingerprint density at radius 3 is 2.65 bits per heavy atom. The summed E-state index contributed by atoms with van der Waals surface area (Å²) >= 11 is 0. The predicted octanol–water partition coefficient (Wildman–Crippen LogP) is 4.70. The number of aromatic carboxylic acids is 1. The molecule has 4 heteroatoms. The molecular weight excluding hydrogens is 328 g/mol. The van der Waals surface area contributed by atoms with Gasteiger partial charge < -0.3 is 9.52 Å². The molecule has 0 unspecified atom stereocenters. The van der Waals surface area contributed by atoms with Crippen molar-refractivity contribution in [3.63, 3.8) is 0 Å². The van der Waals surface area contributed by atoms with E-state index in [2.05, 4.69) is 6.58 Å². The second-order valence-corrected chi connectivity index (χ2v) is 5.97. The fourth-order valence-electron chi connectivity index (χ4n) is 2.80. The lowest BCUT2D eigenvalue weighted by atomic mass is 10.0. The molecular formula is C22H18O4. The maximum atomic E-state index is 12.9. The van der Waals surface area contributed by atoms with Crippen molar-refractivity contribution in [2.75, 3.05) is 0 Å². The van der Waals surface area contributed by atoms with Crippen LogP contribution >= 0.6 is 0 Å². The van der Waals surface area contributed by atoms with Gasteiger partial charge in [-0.15, -0.1) is 6.58 Å². The van der Waals surface area contributed by atoms with Crippen LogP contribution in [0.1, 0.15) is 32.8 Å². The van der Waals surface area contributed by atoms with E-state index in [1.807, 2.05) is 37.3 Å². The number of hydrogen-bond donors (Lipinski definition) is 1. The Kier molecular flexibility index (Phi) is 4.85. The molecule has 0 saturated carbocycles. The van der Waals surface area contributed by atoms with Gasteiger partial charge in [0.15, 0.2) is 5.43 Å². The third kappa shape index (κ3) is 3.35. The topological polar surface area (TPSA) is 67.5 Å². The molecule has 0 aliphatic rings. The molecule has 3 rings (SSSR count). The van der Waals surface area contributed by atoms with Crippen LogP contribution in [0, 0.1) is 6.92 Å². The molecule has 1 N–H and O–H groups in total. The lowest BCUT2D eigenvalue weighted by Gasteiger charge is -2.07. The summed E-state index contributed by atoms with van der Waals surface area (Å²) in [4.78, 5) is 24.0. The molecule has 0 atom stereocenters. The van der Waals surface area contributed by atoms with E-state index in [-0.39, 0.29) is 16.4 Å². The van der Waals surface area contributed by atoms with E-state index < -0.39 is 5.97 Å². The molecule has 3 aromatic rings. The third-order valence-electron chi connectivity index (χ3n) is 4.21.